The fourth-order valence-corrected chi connectivity index (χ4v) is 4.37. The second-order valence-electron chi connectivity index (χ2n) is 8.07. The van der Waals surface area contributed by atoms with Gasteiger partial charge in [-0.2, -0.15) is 0 Å². The van der Waals surface area contributed by atoms with E-state index in [2.05, 4.69) is 75.7 Å². The number of hydrogen-bond acceptors (Lipinski definition) is 4. The summed E-state index contributed by atoms with van der Waals surface area (Å²) >= 11 is 0. The molecule has 1 aromatic heterocycles. The van der Waals surface area contributed by atoms with Gasteiger partial charge in [0.05, 0.1) is 0 Å². The Morgan fingerprint density at radius 3 is 2.62 bits per heavy atom. The van der Waals surface area contributed by atoms with E-state index >= 15 is 0 Å². The molecule has 0 saturated carbocycles. The Bertz CT molecular complexity index is 829. The highest BCUT2D eigenvalue weighted by Gasteiger charge is 2.29. The number of nitrogens with zero attached hydrogens (tertiary/aromatic N) is 3. The molecular weight excluding hydrogens is 362 g/mol. The van der Waals surface area contributed by atoms with Gasteiger partial charge >= 0.3 is 6.03 Å². The normalized spacial score (nSPS) is 21.7. The van der Waals surface area contributed by atoms with Gasteiger partial charge in [0, 0.05) is 50.9 Å². The van der Waals surface area contributed by atoms with E-state index in [9.17, 15) is 4.79 Å². The maximum atomic E-state index is 12.4. The summed E-state index contributed by atoms with van der Waals surface area (Å²) in [5.74, 6) is 1.36. The highest BCUT2D eigenvalue weighted by Crippen LogP contribution is 2.32. The van der Waals surface area contributed by atoms with Crippen molar-refractivity contribution in [2.45, 2.75) is 38.8 Å². The minimum absolute atomic E-state index is 0.116. The first-order chi connectivity index (χ1) is 14.1. The van der Waals surface area contributed by atoms with E-state index in [1.165, 1.54) is 11.1 Å². The molecule has 154 valence electrons. The van der Waals surface area contributed by atoms with Crippen molar-refractivity contribution in [1.29, 1.82) is 0 Å². The average molecular weight is 394 g/mol. The molecule has 2 N–H and O–H groups in total. The minimum Gasteiger partial charge on any atom is -0.354 e. The number of likely N-dealkylation sites (N-methyl/N-ethyl adjacent to an activating group) is 1. The predicted octanol–water partition coefficient (Wildman–Crippen LogP) is 2.75. The topological polar surface area (TPSA) is 60.5 Å². The third-order valence-electron chi connectivity index (χ3n) is 6.31. The third-order valence-corrected chi connectivity index (χ3v) is 6.31. The molecule has 29 heavy (non-hydrogen) atoms. The van der Waals surface area contributed by atoms with Gasteiger partial charge in [-0.05, 0) is 35.7 Å². The van der Waals surface area contributed by atoms with Crippen molar-refractivity contribution in [3.05, 3.63) is 59.3 Å². The Morgan fingerprint density at radius 2 is 1.93 bits per heavy atom. The molecule has 2 aliphatic rings. The van der Waals surface area contributed by atoms with E-state index in [0.717, 1.165) is 50.5 Å². The van der Waals surface area contributed by atoms with Crippen LogP contribution in [0.2, 0.25) is 0 Å². The lowest BCUT2D eigenvalue weighted by Crippen LogP contribution is -2.46. The summed E-state index contributed by atoms with van der Waals surface area (Å²) in [7, 11) is 0. The fourth-order valence-electron chi connectivity index (χ4n) is 4.37. The van der Waals surface area contributed by atoms with Crippen LogP contribution in [0.15, 0.2) is 42.6 Å². The van der Waals surface area contributed by atoms with Crippen LogP contribution in [-0.4, -0.2) is 54.7 Å². The maximum absolute atomic E-state index is 12.4. The standard InChI is InChI=1S/C23H31N5O/c1-3-27-10-12-28(13-11-27)22-9-8-18(15-24-22)16-25-23(29)26-21-14-19-6-4-5-7-20(19)17(21)2/h4-9,15,17,21H,3,10-14,16H2,1-2H3,(H2,25,26,29)/t17-,21+/m0/s1. The molecule has 1 aliphatic carbocycles. The quantitative estimate of drug-likeness (QED) is 0.820. The third kappa shape index (κ3) is 4.53. The van der Waals surface area contributed by atoms with Crippen molar-refractivity contribution in [3.63, 3.8) is 0 Å². The first-order valence-electron chi connectivity index (χ1n) is 10.7. The van der Waals surface area contributed by atoms with Crippen molar-refractivity contribution in [1.82, 2.24) is 20.5 Å². The van der Waals surface area contributed by atoms with Crippen LogP contribution in [0.1, 0.15) is 36.5 Å². The second kappa shape index (κ2) is 8.82. The number of rotatable bonds is 5. The highest BCUT2D eigenvalue weighted by atomic mass is 16.2. The number of benzene rings is 1. The Morgan fingerprint density at radius 1 is 1.14 bits per heavy atom. The van der Waals surface area contributed by atoms with E-state index in [4.69, 9.17) is 0 Å². The van der Waals surface area contributed by atoms with Gasteiger partial charge in [0.2, 0.25) is 0 Å². The van der Waals surface area contributed by atoms with Gasteiger partial charge in [-0.15, -0.1) is 0 Å². The molecule has 1 aliphatic heterocycles. The number of hydrogen-bond donors (Lipinski definition) is 2. The molecule has 1 fully saturated rings. The molecule has 1 saturated heterocycles. The van der Waals surface area contributed by atoms with Gasteiger partial charge in [0.15, 0.2) is 0 Å². The number of anilines is 1. The summed E-state index contributed by atoms with van der Waals surface area (Å²) in [5.41, 5.74) is 3.70. The second-order valence-corrected chi connectivity index (χ2v) is 8.07. The molecule has 2 aromatic rings. The Kier molecular flexibility index (Phi) is 6.00. The van der Waals surface area contributed by atoms with Crippen LogP contribution in [0.3, 0.4) is 0 Å². The number of aromatic nitrogens is 1. The van der Waals surface area contributed by atoms with Crippen molar-refractivity contribution < 1.29 is 4.79 Å². The first kappa shape index (κ1) is 19.7. The Labute approximate surface area is 173 Å². The van der Waals surface area contributed by atoms with Gasteiger partial charge in [-0.3, -0.25) is 0 Å². The number of carbonyl (C=O) groups excluding carboxylic acids is 1. The highest BCUT2D eigenvalue weighted by molar-refractivity contribution is 5.74. The van der Waals surface area contributed by atoms with Crippen molar-refractivity contribution >= 4 is 11.8 Å². The van der Waals surface area contributed by atoms with Crippen LogP contribution < -0.4 is 15.5 Å². The zero-order valence-electron chi connectivity index (χ0n) is 17.4. The number of nitrogens with one attached hydrogen (secondary N) is 2. The van der Waals surface area contributed by atoms with Crippen LogP contribution in [0.4, 0.5) is 10.6 Å². The number of carbonyl (C=O) groups is 1. The zero-order chi connectivity index (χ0) is 20.2. The molecule has 2 heterocycles. The van der Waals surface area contributed by atoms with Gasteiger partial charge in [0.1, 0.15) is 5.82 Å². The number of pyridine rings is 1. The lowest BCUT2D eigenvalue weighted by Gasteiger charge is -2.34. The number of urea groups is 1. The minimum atomic E-state index is -0.116. The average Bonchev–Trinajstić information content (AvgIpc) is 3.08. The molecule has 0 bridgehead atoms. The van der Waals surface area contributed by atoms with E-state index in [1.807, 2.05) is 6.20 Å². The van der Waals surface area contributed by atoms with Crippen molar-refractivity contribution in [2.24, 2.45) is 0 Å². The van der Waals surface area contributed by atoms with Crippen LogP contribution >= 0.6 is 0 Å². The summed E-state index contributed by atoms with van der Waals surface area (Å²) in [6, 6.07) is 12.6. The summed E-state index contributed by atoms with van der Waals surface area (Å²) in [6.45, 7) is 10.2. The molecular formula is C23H31N5O. The summed E-state index contributed by atoms with van der Waals surface area (Å²) < 4.78 is 0. The predicted molar refractivity (Wildman–Crippen MR) is 116 cm³/mol. The zero-order valence-corrected chi connectivity index (χ0v) is 17.4. The van der Waals surface area contributed by atoms with Crippen LogP contribution in [0, 0.1) is 0 Å². The number of fused-ring (bicyclic) bond motifs is 1. The number of piperazine rings is 1. The van der Waals surface area contributed by atoms with Gasteiger partial charge < -0.3 is 20.4 Å². The summed E-state index contributed by atoms with van der Waals surface area (Å²) in [5, 5.41) is 6.11. The van der Waals surface area contributed by atoms with Crippen LogP contribution in [0.25, 0.3) is 0 Å². The van der Waals surface area contributed by atoms with E-state index in [1.54, 1.807) is 0 Å². The number of amides is 2. The molecule has 1 aromatic carbocycles. The Balaban J connectivity index is 1.25. The molecule has 2 atom stereocenters. The van der Waals surface area contributed by atoms with E-state index < -0.39 is 0 Å². The van der Waals surface area contributed by atoms with Gasteiger partial charge in [-0.1, -0.05) is 44.2 Å². The molecule has 0 radical (unpaired) electrons. The maximum Gasteiger partial charge on any atom is 0.315 e. The van der Waals surface area contributed by atoms with Crippen molar-refractivity contribution in [3.8, 4) is 0 Å². The Hall–Kier alpha value is -2.60. The molecule has 6 heteroatoms. The van der Waals surface area contributed by atoms with Crippen LogP contribution in [-0.2, 0) is 13.0 Å². The van der Waals surface area contributed by atoms with Gasteiger partial charge in [0.25, 0.3) is 0 Å². The molecule has 2 amide bonds. The van der Waals surface area contributed by atoms with Gasteiger partial charge in [-0.25, -0.2) is 9.78 Å². The SMILES string of the molecule is CCN1CCN(c2ccc(CNC(=O)N[C@@H]3Cc4ccccc4[C@@H]3C)cn2)CC1. The lowest BCUT2D eigenvalue weighted by atomic mass is 10.0. The fraction of sp³-hybridized carbons (Fsp3) is 0.478. The smallest absolute Gasteiger partial charge is 0.315 e. The molecule has 0 unspecified atom stereocenters. The van der Waals surface area contributed by atoms with Crippen LogP contribution in [0.5, 0.6) is 0 Å². The molecule has 4 rings (SSSR count). The summed E-state index contributed by atoms with van der Waals surface area (Å²) in [4.78, 5) is 21.8. The van der Waals surface area contributed by atoms with Crippen molar-refractivity contribution in [2.75, 3.05) is 37.6 Å². The van der Waals surface area contributed by atoms with E-state index in [-0.39, 0.29) is 12.1 Å². The monoisotopic (exact) mass is 393 g/mol. The summed E-state index contributed by atoms with van der Waals surface area (Å²) in [6.07, 6.45) is 2.77. The largest absolute Gasteiger partial charge is 0.354 e. The molecule has 0 spiro atoms. The molecule has 6 nitrogen and oxygen atoms in total. The first-order valence-corrected chi connectivity index (χ1v) is 10.7. The lowest BCUT2D eigenvalue weighted by molar-refractivity contribution is 0.235. The van der Waals surface area contributed by atoms with E-state index in [0.29, 0.717) is 12.5 Å².